The lowest BCUT2D eigenvalue weighted by Gasteiger charge is -2.22. The number of hydrogen-bond donors (Lipinski definition) is 2. The summed E-state index contributed by atoms with van der Waals surface area (Å²) in [6.07, 6.45) is -3.09. The molecule has 0 spiro atoms. The first-order valence-corrected chi connectivity index (χ1v) is 3.46. The number of carbonyl (C=O) groups is 1. The van der Waals surface area contributed by atoms with Crippen molar-refractivity contribution in [2.45, 2.75) is 6.11 Å². The maximum absolute atomic E-state index is 12.6. The third-order valence-electron chi connectivity index (χ3n) is 1.55. The quantitative estimate of drug-likeness (QED) is 0.605. The predicted octanol–water partition coefficient (Wildman–Crippen LogP) is -0.306. The molecule has 74 valence electrons. The third kappa shape index (κ3) is 1.11. The SMILES string of the molecule is O=C1Nc2c(nc[nH]c2=O)OC1(F)F. The minimum atomic E-state index is -3.99. The third-order valence-corrected chi connectivity index (χ3v) is 1.55. The molecule has 0 aliphatic carbocycles. The number of halogens is 2. The Hall–Kier alpha value is -1.99. The molecule has 2 rings (SSSR count). The standard InChI is InChI=1S/C6H3F2N3O3/c7-6(8)5(13)11-2-3(12)9-1-10-4(2)14-6/h1H,(H,11,13)(H,9,10,12). The van der Waals surface area contributed by atoms with Crippen molar-refractivity contribution >= 4 is 11.6 Å². The van der Waals surface area contributed by atoms with Crippen molar-refractivity contribution in [2.24, 2.45) is 0 Å². The molecule has 14 heavy (non-hydrogen) atoms. The number of amides is 1. The van der Waals surface area contributed by atoms with Gasteiger partial charge in [-0.25, -0.2) is 4.98 Å². The van der Waals surface area contributed by atoms with Gasteiger partial charge >= 0.3 is 12.0 Å². The second-order valence-electron chi connectivity index (χ2n) is 2.48. The van der Waals surface area contributed by atoms with E-state index in [0.29, 0.717) is 0 Å². The highest BCUT2D eigenvalue weighted by Crippen LogP contribution is 2.29. The topological polar surface area (TPSA) is 84.1 Å². The van der Waals surface area contributed by atoms with Gasteiger partial charge in [-0.05, 0) is 0 Å². The molecule has 1 amide bonds. The smallest absolute Gasteiger partial charge is 0.405 e. The van der Waals surface area contributed by atoms with Crippen LogP contribution in [0.15, 0.2) is 11.1 Å². The molecule has 0 saturated heterocycles. The van der Waals surface area contributed by atoms with Gasteiger partial charge in [0.25, 0.3) is 11.4 Å². The summed E-state index contributed by atoms with van der Waals surface area (Å²) in [5.41, 5.74) is -1.16. The van der Waals surface area contributed by atoms with Gasteiger partial charge in [0, 0.05) is 0 Å². The van der Waals surface area contributed by atoms with Gasteiger partial charge in [-0.2, -0.15) is 8.78 Å². The normalized spacial score (nSPS) is 18.0. The highest BCUT2D eigenvalue weighted by Gasteiger charge is 2.47. The lowest BCUT2D eigenvalue weighted by Crippen LogP contribution is -2.45. The zero-order chi connectivity index (χ0) is 10.3. The van der Waals surface area contributed by atoms with Crippen LogP contribution in [0.2, 0.25) is 0 Å². The van der Waals surface area contributed by atoms with E-state index in [1.807, 2.05) is 0 Å². The highest BCUT2D eigenvalue weighted by atomic mass is 19.3. The molecule has 1 aromatic rings. The molecule has 1 aromatic heterocycles. The average molecular weight is 203 g/mol. The summed E-state index contributed by atoms with van der Waals surface area (Å²) in [7, 11) is 0. The number of nitrogens with one attached hydrogen (secondary N) is 2. The monoisotopic (exact) mass is 203 g/mol. The first kappa shape index (κ1) is 8.60. The summed E-state index contributed by atoms with van der Waals surface area (Å²) < 4.78 is 29.2. The number of aromatic nitrogens is 2. The molecule has 6 nitrogen and oxygen atoms in total. The number of nitrogens with zero attached hydrogens (tertiary/aromatic N) is 1. The van der Waals surface area contributed by atoms with E-state index in [9.17, 15) is 18.4 Å². The van der Waals surface area contributed by atoms with Gasteiger partial charge in [0.1, 0.15) is 0 Å². The van der Waals surface area contributed by atoms with Gasteiger partial charge in [-0.3, -0.25) is 9.59 Å². The Morgan fingerprint density at radius 2 is 2.14 bits per heavy atom. The Labute approximate surface area is 74.9 Å². The minimum Gasteiger partial charge on any atom is -0.405 e. The molecule has 8 heteroatoms. The van der Waals surface area contributed by atoms with Gasteiger partial charge in [-0.15, -0.1) is 0 Å². The van der Waals surface area contributed by atoms with E-state index < -0.39 is 29.1 Å². The Morgan fingerprint density at radius 1 is 1.43 bits per heavy atom. The maximum Gasteiger partial charge on any atom is 0.483 e. The average Bonchev–Trinajstić information content (AvgIpc) is 2.08. The summed E-state index contributed by atoms with van der Waals surface area (Å²) >= 11 is 0. The zero-order valence-corrected chi connectivity index (χ0v) is 6.51. The van der Waals surface area contributed by atoms with Gasteiger partial charge in [0.05, 0.1) is 6.33 Å². The minimum absolute atomic E-state index is 0.413. The summed E-state index contributed by atoms with van der Waals surface area (Å²) in [6.45, 7) is 0. The summed E-state index contributed by atoms with van der Waals surface area (Å²) in [4.78, 5) is 27.1. The van der Waals surface area contributed by atoms with Crippen LogP contribution in [0.25, 0.3) is 0 Å². The van der Waals surface area contributed by atoms with E-state index in [1.165, 1.54) is 0 Å². The van der Waals surface area contributed by atoms with Crippen molar-refractivity contribution in [3.05, 3.63) is 16.7 Å². The van der Waals surface area contributed by atoms with Crippen LogP contribution in [0.5, 0.6) is 5.88 Å². The molecule has 0 atom stereocenters. The van der Waals surface area contributed by atoms with Crippen LogP contribution < -0.4 is 15.6 Å². The molecule has 0 saturated carbocycles. The Balaban J connectivity index is 2.56. The van der Waals surface area contributed by atoms with Crippen molar-refractivity contribution in [3.8, 4) is 5.88 Å². The van der Waals surface area contributed by atoms with Crippen LogP contribution >= 0.6 is 0 Å². The molecule has 0 unspecified atom stereocenters. The molecule has 0 aromatic carbocycles. The zero-order valence-electron chi connectivity index (χ0n) is 6.51. The number of rotatable bonds is 0. The molecule has 1 aliphatic heterocycles. The van der Waals surface area contributed by atoms with E-state index in [-0.39, 0.29) is 0 Å². The molecule has 0 radical (unpaired) electrons. The fraction of sp³-hybridized carbons (Fsp3) is 0.167. The summed E-state index contributed by atoms with van der Waals surface area (Å²) in [5, 5.41) is 1.70. The largest absolute Gasteiger partial charge is 0.483 e. The first-order valence-electron chi connectivity index (χ1n) is 3.46. The van der Waals surface area contributed by atoms with Crippen LogP contribution in [0.4, 0.5) is 14.5 Å². The number of carbonyl (C=O) groups excluding carboxylic acids is 1. The number of alkyl halides is 2. The van der Waals surface area contributed by atoms with Crippen LogP contribution in [-0.2, 0) is 4.79 Å². The Morgan fingerprint density at radius 3 is 2.86 bits per heavy atom. The number of hydrogen-bond acceptors (Lipinski definition) is 4. The van der Waals surface area contributed by atoms with Crippen molar-refractivity contribution in [2.75, 3.05) is 5.32 Å². The van der Waals surface area contributed by atoms with E-state index in [1.54, 1.807) is 5.32 Å². The molecule has 0 fully saturated rings. The number of fused-ring (bicyclic) bond motifs is 1. The highest BCUT2D eigenvalue weighted by molar-refractivity contribution is 5.97. The molecule has 2 N–H and O–H groups in total. The van der Waals surface area contributed by atoms with E-state index in [4.69, 9.17) is 0 Å². The van der Waals surface area contributed by atoms with E-state index in [0.717, 1.165) is 6.33 Å². The molecular formula is C6H3F2N3O3. The van der Waals surface area contributed by atoms with E-state index >= 15 is 0 Å². The molecule has 0 bridgehead atoms. The van der Waals surface area contributed by atoms with Crippen molar-refractivity contribution in [1.29, 1.82) is 0 Å². The fourth-order valence-electron chi connectivity index (χ4n) is 0.925. The molecular weight excluding hydrogens is 200 g/mol. The van der Waals surface area contributed by atoms with Crippen molar-refractivity contribution < 1.29 is 18.3 Å². The van der Waals surface area contributed by atoms with Gasteiger partial charge in [-0.1, -0.05) is 0 Å². The first-order chi connectivity index (χ1) is 6.50. The van der Waals surface area contributed by atoms with Crippen LogP contribution in [0.1, 0.15) is 0 Å². The maximum atomic E-state index is 12.6. The van der Waals surface area contributed by atoms with E-state index in [2.05, 4.69) is 14.7 Å². The number of H-pyrrole nitrogens is 1. The lowest BCUT2D eigenvalue weighted by atomic mass is 10.4. The van der Waals surface area contributed by atoms with Crippen LogP contribution in [0, 0.1) is 0 Å². The van der Waals surface area contributed by atoms with Crippen LogP contribution in [0.3, 0.4) is 0 Å². The van der Waals surface area contributed by atoms with Crippen LogP contribution in [-0.4, -0.2) is 22.0 Å². The summed E-state index contributed by atoms with van der Waals surface area (Å²) in [6, 6.07) is 0. The number of aromatic amines is 1. The Kier molecular flexibility index (Phi) is 1.54. The number of ether oxygens (including phenoxy) is 1. The predicted molar refractivity (Wildman–Crippen MR) is 39.1 cm³/mol. The number of anilines is 1. The second kappa shape index (κ2) is 2.50. The fourth-order valence-corrected chi connectivity index (χ4v) is 0.925. The van der Waals surface area contributed by atoms with Gasteiger partial charge < -0.3 is 15.0 Å². The Bertz CT molecular complexity index is 456. The summed E-state index contributed by atoms with van der Waals surface area (Å²) in [5.74, 6) is -2.29. The van der Waals surface area contributed by atoms with Crippen molar-refractivity contribution in [1.82, 2.24) is 9.97 Å². The van der Waals surface area contributed by atoms with Gasteiger partial charge in [0.15, 0.2) is 5.69 Å². The molecule has 2 heterocycles. The second-order valence-corrected chi connectivity index (χ2v) is 2.48. The van der Waals surface area contributed by atoms with Crippen molar-refractivity contribution in [3.63, 3.8) is 0 Å². The lowest BCUT2D eigenvalue weighted by molar-refractivity contribution is -0.190. The molecule has 1 aliphatic rings. The van der Waals surface area contributed by atoms with Gasteiger partial charge in [0.2, 0.25) is 0 Å².